The molecule has 3 rings (SSSR count). The summed E-state index contributed by atoms with van der Waals surface area (Å²) in [6.07, 6.45) is 1.43. The SMILES string of the molecule is CC(=O)Nc1cc(C(=O)OCc2ncc(-c3ccc(F)cc3)o2)ccc1F. The van der Waals surface area contributed by atoms with Gasteiger partial charge in [0, 0.05) is 12.5 Å². The fourth-order valence-corrected chi connectivity index (χ4v) is 2.27. The van der Waals surface area contributed by atoms with Crippen LogP contribution in [0.3, 0.4) is 0 Å². The van der Waals surface area contributed by atoms with E-state index in [1.807, 2.05) is 0 Å². The van der Waals surface area contributed by atoms with E-state index in [0.29, 0.717) is 11.3 Å². The van der Waals surface area contributed by atoms with Crippen LogP contribution < -0.4 is 5.32 Å². The maximum absolute atomic E-state index is 13.6. The molecule has 138 valence electrons. The van der Waals surface area contributed by atoms with Gasteiger partial charge < -0.3 is 14.5 Å². The number of anilines is 1. The number of aromatic nitrogens is 1. The number of esters is 1. The zero-order valence-corrected chi connectivity index (χ0v) is 14.2. The summed E-state index contributed by atoms with van der Waals surface area (Å²) in [6.45, 7) is 0.985. The third kappa shape index (κ3) is 4.55. The van der Waals surface area contributed by atoms with Gasteiger partial charge >= 0.3 is 5.97 Å². The fraction of sp³-hybridized carbons (Fsp3) is 0.105. The summed E-state index contributed by atoms with van der Waals surface area (Å²) in [5.74, 6) is -1.69. The predicted octanol–water partition coefficient (Wildman–Crippen LogP) is 3.94. The Balaban J connectivity index is 1.66. The normalized spacial score (nSPS) is 10.5. The monoisotopic (exact) mass is 372 g/mol. The van der Waals surface area contributed by atoms with Gasteiger partial charge in [-0.1, -0.05) is 0 Å². The van der Waals surface area contributed by atoms with Crippen molar-refractivity contribution in [1.82, 2.24) is 4.98 Å². The summed E-state index contributed by atoms with van der Waals surface area (Å²) in [5.41, 5.74) is 0.567. The quantitative estimate of drug-likeness (QED) is 0.686. The Bertz CT molecular complexity index is 984. The first-order valence-electron chi connectivity index (χ1n) is 7.87. The minimum absolute atomic E-state index is 0.0606. The Labute approximate surface area is 152 Å². The standard InChI is InChI=1S/C19H14F2N2O4/c1-11(24)23-16-8-13(4-7-15(16)21)19(25)26-10-18-22-9-17(27-18)12-2-5-14(20)6-3-12/h2-9H,10H2,1H3,(H,23,24). The van der Waals surface area contributed by atoms with Crippen molar-refractivity contribution in [1.29, 1.82) is 0 Å². The van der Waals surface area contributed by atoms with Crippen LogP contribution in [-0.2, 0) is 16.1 Å². The second kappa shape index (κ2) is 7.77. The topological polar surface area (TPSA) is 81.4 Å². The van der Waals surface area contributed by atoms with Crippen molar-refractivity contribution >= 4 is 17.6 Å². The first-order valence-corrected chi connectivity index (χ1v) is 7.87. The molecule has 1 N–H and O–H groups in total. The molecular weight excluding hydrogens is 358 g/mol. The molecule has 0 aliphatic rings. The van der Waals surface area contributed by atoms with Crippen molar-refractivity contribution in [2.75, 3.05) is 5.32 Å². The number of hydrogen-bond acceptors (Lipinski definition) is 5. The van der Waals surface area contributed by atoms with E-state index < -0.39 is 17.7 Å². The second-order valence-electron chi connectivity index (χ2n) is 5.58. The van der Waals surface area contributed by atoms with Crippen molar-refractivity contribution in [2.24, 2.45) is 0 Å². The summed E-state index contributed by atoms with van der Waals surface area (Å²) in [7, 11) is 0. The molecule has 1 aromatic heterocycles. The maximum atomic E-state index is 13.6. The molecule has 8 heteroatoms. The van der Waals surface area contributed by atoms with Crippen molar-refractivity contribution in [3.8, 4) is 11.3 Å². The van der Waals surface area contributed by atoms with Gasteiger partial charge in [0.05, 0.1) is 17.4 Å². The summed E-state index contributed by atoms with van der Waals surface area (Å²) < 4.78 is 37.1. The van der Waals surface area contributed by atoms with Crippen molar-refractivity contribution in [3.63, 3.8) is 0 Å². The summed E-state index contributed by atoms with van der Waals surface area (Å²) >= 11 is 0. The molecule has 0 aliphatic carbocycles. The van der Waals surface area contributed by atoms with Gasteiger partial charge in [-0.3, -0.25) is 4.79 Å². The minimum Gasteiger partial charge on any atom is -0.452 e. The average Bonchev–Trinajstić information content (AvgIpc) is 3.11. The molecule has 1 amide bonds. The van der Waals surface area contributed by atoms with Gasteiger partial charge in [0.15, 0.2) is 12.4 Å². The number of carbonyl (C=O) groups excluding carboxylic acids is 2. The summed E-state index contributed by atoms with van der Waals surface area (Å²) in [5, 5.41) is 2.29. The molecule has 0 saturated carbocycles. The lowest BCUT2D eigenvalue weighted by Gasteiger charge is -2.07. The Kier molecular flexibility index (Phi) is 5.25. The Hall–Kier alpha value is -3.55. The highest BCUT2D eigenvalue weighted by Gasteiger charge is 2.14. The van der Waals surface area contributed by atoms with Gasteiger partial charge in [0.1, 0.15) is 11.6 Å². The maximum Gasteiger partial charge on any atom is 0.338 e. The van der Waals surface area contributed by atoms with Crippen LogP contribution in [-0.4, -0.2) is 16.9 Å². The number of hydrogen-bond donors (Lipinski definition) is 1. The van der Waals surface area contributed by atoms with E-state index in [4.69, 9.17) is 9.15 Å². The van der Waals surface area contributed by atoms with Gasteiger partial charge in [-0.2, -0.15) is 0 Å². The summed E-state index contributed by atoms with van der Waals surface area (Å²) in [6, 6.07) is 9.12. The molecule has 3 aromatic rings. The predicted molar refractivity (Wildman–Crippen MR) is 91.7 cm³/mol. The molecule has 0 radical (unpaired) electrons. The molecule has 6 nitrogen and oxygen atoms in total. The number of ether oxygens (including phenoxy) is 1. The van der Waals surface area contributed by atoms with Gasteiger partial charge in [-0.15, -0.1) is 0 Å². The van der Waals surface area contributed by atoms with E-state index in [0.717, 1.165) is 6.07 Å². The van der Waals surface area contributed by atoms with Crippen LogP contribution >= 0.6 is 0 Å². The molecule has 0 spiro atoms. The molecule has 0 bridgehead atoms. The third-order valence-electron chi connectivity index (χ3n) is 3.52. The number of rotatable bonds is 5. The van der Waals surface area contributed by atoms with E-state index in [9.17, 15) is 18.4 Å². The molecule has 0 saturated heterocycles. The molecule has 2 aromatic carbocycles. The van der Waals surface area contributed by atoms with Crippen LogP contribution in [0.25, 0.3) is 11.3 Å². The zero-order valence-electron chi connectivity index (χ0n) is 14.2. The molecule has 1 heterocycles. The van der Waals surface area contributed by atoms with E-state index in [-0.39, 0.29) is 29.6 Å². The number of benzene rings is 2. The van der Waals surface area contributed by atoms with Crippen molar-refractivity contribution in [3.05, 3.63) is 71.8 Å². The lowest BCUT2D eigenvalue weighted by Crippen LogP contribution is -2.10. The van der Waals surface area contributed by atoms with E-state index in [2.05, 4.69) is 10.3 Å². The highest BCUT2D eigenvalue weighted by Crippen LogP contribution is 2.21. The highest BCUT2D eigenvalue weighted by atomic mass is 19.1. The Morgan fingerprint density at radius 3 is 2.59 bits per heavy atom. The molecule has 0 fully saturated rings. The largest absolute Gasteiger partial charge is 0.452 e. The van der Waals surface area contributed by atoms with E-state index >= 15 is 0 Å². The van der Waals surface area contributed by atoms with Gasteiger partial charge in [0.2, 0.25) is 11.8 Å². The number of amides is 1. The van der Waals surface area contributed by atoms with Crippen LogP contribution in [0.2, 0.25) is 0 Å². The molecule has 0 aliphatic heterocycles. The fourth-order valence-electron chi connectivity index (χ4n) is 2.27. The number of oxazole rings is 1. The number of carbonyl (C=O) groups is 2. The second-order valence-corrected chi connectivity index (χ2v) is 5.58. The van der Waals surface area contributed by atoms with Crippen LogP contribution in [0, 0.1) is 11.6 Å². The Morgan fingerprint density at radius 1 is 1.15 bits per heavy atom. The number of halogens is 2. The van der Waals surface area contributed by atoms with Crippen LogP contribution in [0.1, 0.15) is 23.2 Å². The third-order valence-corrected chi connectivity index (χ3v) is 3.52. The Morgan fingerprint density at radius 2 is 1.89 bits per heavy atom. The number of nitrogens with one attached hydrogen (secondary N) is 1. The summed E-state index contributed by atoms with van der Waals surface area (Å²) in [4.78, 5) is 27.2. The number of nitrogens with zero attached hydrogens (tertiary/aromatic N) is 1. The van der Waals surface area contributed by atoms with Gasteiger partial charge in [-0.25, -0.2) is 18.6 Å². The van der Waals surface area contributed by atoms with E-state index in [1.54, 1.807) is 0 Å². The van der Waals surface area contributed by atoms with Crippen LogP contribution in [0.15, 0.2) is 53.1 Å². The van der Waals surface area contributed by atoms with Gasteiger partial charge in [0.25, 0.3) is 0 Å². The first kappa shape index (κ1) is 18.2. The lowest BCUT2D eigenvalue weighted by molar-refractivity contribution is -0.114. The lowest BCUT2D eigenvalue weighted by atomic mass is 10.2. The van der Waals surface area contributed by atoms with Crippen molar-refractivity contribution < 1.29 is 27.5 Å². The zero-order chi connectivity index (χ0) is 19.4. The molecular formula is C19H14F2N2O4. The average molecular weight is 372 g/mol. The molecule has 0 atom stereocenters. The smallest absolute Gasteiger partial charge is 0.338 e. The minimum atomic E-state index is -0.733. The molecule has 27 heavy (non-hydrogen) atoms. The molecule has 0 unspecified atom stereocenters. The van der Waals surface area contributed by atoms with Gasteiger partial charge in [-0.05, 0) is 42.5 Å². The van der Waals surface area contributed by atoms with Crippen LogP contribution in [0.4, 0.5) is 14.5 Å². The first-order chi connectivity index (χ1) is 12.9. The van der Waals surface area contributed by atoms with E-state index in [1.165, 1.54) is 49.5 Å². The highest BCUT2D eigenvalue weighted by molar-refractivity contribution is 5.93. The van der Waals surface area contributed by atoms with Crippen molar-refractivity contribution in [2.45, 2.75) is 13.5 Å². The van der Waals surface area contributed by atoms with Crippen LogP contribution in [0.5, 0.6) is 0 Å².